The largest absolute Gasteiger partial charge is 0.497 e. The van der Waals surface area contributed by atoms with Crippen LogP contribution >= 0.6 is 0 Å². The standard InChI is InChI=1S/C30H36N4O7S/c1-20-17-34(21(2)19-35)29(36)26-16-23(32-42(38,39)25-13-11-24(40-4)12-14-25)10-15-27(26)41-28(20)18-33(3)30(37)31-22-8-6-5-7-9-22/h5-16,20-21,28,32,35H,17-19H2,1-4H3,(H,31,37)/t20-,21+,28-/m0/s1. The van der Waals surface area contributed by atoms with E-state index in [2.05, 4.69) is 10.0 Å². The van der Waals surface area contributed by atoms with Crippen molar-refractivity contribution in [2.24, 2.45) is 5.92 Å². The number of carbonyl (C=O) groups is 2. The van der Waals surface area contributed by atoms with Crippen LogP contribution in [-0.2, 0) is 10.0 Å². The lowest BCUT2D eigenvalue weighted by molar-refractivity contribution is 0.0371. The summed E-state index contributed by atoms with van der Waals surface area (Å²) in [6, 6.07) is 18.7. The van der Waals surface area contributed by atoms with Gasteiger partial charge in [0.05, 0.1) is 36.8 Å². The molecule has 12 heteroatoms. The van der Waals surface area contributed by atoms with Gasteiger partial charge in [0.2, 0.25) is 0 Å². The number of aliphatic hydroxyl groups is 1. The smallest absolute Gasteiger partial charge is 0.321 e. The zero-order chi connectivity index (χ0) is 30.4. The summed E-state index contributed by atoms with van der Waals surface area (Å²) in [5, 5.41) is 12.8. The van der Waals surface area contributed by atoms with Crippen LogP contribution < -0.4 is 19.5 Å². The second kappa shape index (κ2) is 13.1. The van der Waals surface area contributed by atoms with Gasteiger partial charge in [0, 0.05) is 30.9 Å². The Kier molecular flexibility index (Phi) is 9.59. The summed E-state index contributed by atoms with van der Waals surface area (Å²) < 4.78 is 40.0. The number of sulfonamides is 1. The van der Waals surface area contributed by atoms with Crippen molar-refractivity contribution in [2.75, 3.05) is 43.9 Å². The molecule has 42 heavy (non-hydrogen) atoms. The van der Waals surface area contributed by atoms with Gasteiger partial charge in [0.1, 0.15) is 17.6 Å². The lowest BCUT2D eigenvalue weighted by Crippen LogP contribution is -2.50. The molecular weight excluding hydrogens is 560 g/mol. The Balaban J connectivity index is 1.61. The van der Waals surface area contributed by atoms with Crippen LogP contribution in [0.3, 0.4) is 0 Å². The van der Waals surface area contributed by atoms with Gasteiger partial charge in [0.15, 0.2) is 0 Å². The van der Waals surface area contributed by atoms with Gasteiger partial charge in [0.25, 0.3) is 15.9 Å². The SMILES string of the molecule is COc1ccc(S(=O)(=O)Nc2ccc3c(c2)C(=O)N([C@H](C)CO)C[C@H](C)[C@H](CN(C)C(=O)Nc2ccccc2)O3)cc1. The van der Waals surface area contributed by atoms with Crippen molar-refractivity contribution in [1.82, 2.24) is 9.80 Å². The minimum Gasteiger partial charge on any atom is -0.497 e. The van der Waals surface area contributed by atoms with Gasteiger partial charge >= 0.3 is 6.03 Å². The molecule has 3 aromatic rings. The number of ether oxygens (including phenoxy) is 2. The maximum atomic E-state index is 13.7. The zero-order valence-corrected chi connectivity index (χ0v) is 24.8. The summed E-state index contributed by atoms with van der Waals surface area (Å²) in [7, 11) is -0.821. The number of nitrogens with one attached hydrogen (secondary N) is 2. The molecule has 1 aliphatic rings. The van der Waals surface area contributed by atoms with E-state index in [-0.39, 0.29) is 53.5 Å². The molecule has 0 aromatic heterocycles. The lowest BCUT2D eigenvalue weighted by atomic mass is 9.99. The molecule has 0 saturated carbocycles. The molecule has 3 aromatic carbocycles. The van der Waals surface area contributed by atoms with Crippen LogP contribution in [-0.4, -0.2) is 81.3 Å². The molecule has 0 bridgehead atoms. The topological polar surface area (TPSA) is 138 Å². The summed E-state index contributed by atoms with van der Waals surface area (Å²) in [5.41, 5.74) is 0.964. The van der Waals surface area contributed by atoms with Gasteiger partial charge in [-0.2, -0.15) is 0 Å². The normalized spacial score (nSPS) is 17.6. The first-order valence-electron chi connectivity index (χ1n) is 13.5. The number of methoxy groups -OCH3 is 1. The highest BCUT2D eigenvalue weighted by molar-refractivity contribution is 7.92. The van der Waals surface area contributed by atoms with Gasteiger partial charge in [-0.3, -0.25) is 9.52 Å². The average molecular weight is 597 g/mol. The molecule has 0 radical (unpaired) electrons. The number of aliphatic hydroxyl groups excluding tert-OH is 1. The summed E-state index contributed by atoms with van der Waals surface area (Å²) in [6.45, 7) is 3.85. The number of rotatable bonds is 9. The molecule has 224 valence electrons. The number of amides is 3. The summed E-state index contributed by atoms with van der Waals surface area (Å²) >= 11 is 0. The van der Waals surface area contributed by atoms with Crippen LogP contribution in [0.15, 0.2) is 77.7 Å². The fourth-order valence-corrected chi connectivity index (χ4v) is 5.62. The number of hydrogen-bond acceptors (Lipinski definition) is 7. The van der Waals surface area contributed by atoms with Gasteiger partial charge in [-0.1, -0.05) is 25.1 Å². The van der Waals surface area contributed by atoms with Crippen molar-refractivity contribution in [3.8, 4) is 11.5 Å². The molecule has 0 unspecified atom stereocenters. The highest BCUT2D eigenvalue weighted by atomic mass is 32.2. The molecule has 1 aliphatic heterocycles. The van der Waals surface area contributed by atoms with Crippen molar-refractivity contribution in [2.45, 2.75) is 30.9 Å². The third-order valence-corrected chi connectivity index (χ3v) is 8.51. The molecule has 0 fully saturated rings. The Bertz CT molecular complexity index is 1500. The molecule has 0 aliphatic carbocycles. The van der Waals surface area contributed by atoms with Gasteiger partial charge in [-0.25, -0.2) is 13.2 Å². The number of anilines is 2. The van der Waals surface area contributed by atoms with Crippen LogP contribution in [0.1, 0.15) is 24.2 Å². The minimum atomic E-state index is -3.97. The van der Waals surface area contributed by atoms with E-state index in [9.17, 15) is 23.1 Å². The second-order valence-corrected chi connectivity index (χ2v) is 12.0. The number of para-hydroxylation sites is 1. The molecule has 0 saturated heterocycles. The molecule has 3 N–H and O–H groups in total. The molecule has 3 amide bonds. The van der Waals surface area contributed by atoms with E-state index < -0.39 is 28.1 Å². The Hall–Kier alpha value is -4.29. The van der Waals surface area contributed by atoms with E-state index in [1.165, 1.54) is 42.3 Å². The van der Waals surface area contributed by atoms with Gasteiger partial charge < -0.3 is 29.7 Å². The summed E-state index contributed by atoms with van der Waals surface area (Å²) in [4.78, 5) is 29.7. The first-order valence-corrected chi connectivity index (χ1v) is 15.0. The van der Waals surface area contributed by atoms with E-state index >= 15 is 0 Å². The monoisotopic (exact) mass is 596 g/mol. The Labute approximate surface area is 246 Å². The summed E-state index contributed by atoms with van der Waals surface area (Å²) in [6.07, 6.45) is -0.515. The molecule has 4 rings (SSSR count). The molecule has 1 heterocycles. The van der Waals surface area contributed by atoms with Crippen molar-refractivity contribution < 1.29 is 32.6 Å². The van der Waals surface area contributed by atoms with E-state index in [4.69, 9.17) is 9.47 Å². The number of urea groups is 1. The quantitative estimate of drug-likeness (QED) is 0.341. The van der Waals surface area contributed by atoms with Crippen LogP contribution in [0.2, 0.25) is 0 Å². The van der Waals surface area contributed by atoms with Crippen LogP contribution in [0.4, 0.5) is 16.2 Å². The first kappa shape index (κ1) is 30.7. The average Bonchev–Trinajstić information content (AvgIpc) is 2.99. The third-order valence-electron chi connectivity index (χ3n) is 7.11. The number of likely N-dealkylation sites (N-methyl/N-ethyl adjacent to an activating group) is 1. The Morgan fingerprint density at radius 1 is 1.12 bits per heavy atom. The van der Waals surface area contributed by atoms with Crippen LogP contribution in [0, 0.1) is 5.92 Å². The van der Waals surface area contributed by atoms with E-state index in [0.29, 0.717) is 11.4 Å². The molecular formula is C30H36N4O7S. The van der Waals surface area contributed by atoms with Crippen molar-refractivity contribution in [3.63, 3.8) is 0 Å². The van der Waals surface area contributed by atoms with Crippen LogP contribution in [0.25, 0.3) is 0 Å². The maximum Gasteiger partial charge on any atom is 0.321 e. The van der Waals surface area contributed by atoms with Gasteiger partial charge in [-0.15, -0.1) is 0 Å². The van der Waals surface area contributed by atoms with E-state index in [0.717, 1.165) is 0 Å². The fraction of sp³-hybridized carbons (Fsp3) is 0.333. The maximum absolute atomic E-state index is 13.7. The number of nitrogens with zero attached hydrogens (tertiary/aromatic N) is 2. The third kappa shape index (κ3) is 7.12. The first-order chi connectivity index (χ1) is 20.0. The number of hydrogen-bond donors (Lipinski definition) is 3. The zero-order valence-electron chi connectivity index (χ0n) is 24.0. The number of fused-ring (bicyclic) bond motifs is 1. The molecule has 3 atom stereocenters. The van der Waals surface area contributed by atoms with Crippen LogP contribution in [0.5, 0.6) is 11.5 Å². The summed E-state index contributed by atoms with van der Waals surface area (Å²) in [5.74, 6) is 0.146. The fourth-order valence-electron chi connectivity index (χ4n) is 4.57. The Morgan fingerprint density at radius 2 is 1.81 bits per heavy atom. The van der Waals surface area contributed by atoms with E-state index in [1.54, 1.807) is 43.1 Å². The molecule has 0 spiro atoms. The highest BCUT2D eigenvalue weighted by Gasteiger charge is 2.34. The van der Waals surface area contributed by atoms with Crippen molar-refractivity contribution >= 4 is 33.3 Å². The number of carbonyl (C=O) groups excluding carboxylic acids is 2. The second-order valence-electron chi connectivity index (χ2n) is 10.3. The van der Waals surface area contributed by atoms with Crippen molar-refractivity contribution in [1.29, 1.82) is 0 Å². The predicted octanol–water partition coefficient (Wildman–Crippen LogP) is 3.88. The number of benzene rings is 3. The minimum absolute atomic E-state index is 0.0267. The molecule has 11 nitrogen and oxygen atoms in total. The van der Waals surface area contributed by atoms with Gasteiger partial charge in [-0.05, 0) is 61.5 Å². The lowest BCUT2D eigenvalue weighted by Gasteiger charge is -2.38. The Morgan fingerprint density at radius 3 is 2.45 bits per heavy atom. The predicted molar refractivity (Wildman–Crippen MR) is 159 cm³/mol. The van der Waals surface area contributed by atoms with Crippen molar-refractivity contribution in [3.05, 3.63) is 78.4 Å². The highest BCUT2D eigenvalue weighted by Crippen LogP contribution is 2.31. The van der Waals surface area contributed by atoms with E-state index in [1.807, 2.05) is 25.1 Å².